The van der Waals surface area contributed by atoms with Gasteiger partial charge in [-0.25, -0.2) is 9.78 Å². The first kappa shape index (κ1) is 56.5. The molecule has 2 aliphatic heterocycles. The molecule has 19 heteroatoms. The normalized spacial score (nSPS) is 16.4. The minimum Gasteiger partial charge on any atom is -0.480 e. The molecule has 12 aromatic rings. The molecule has 0 spiro atoms. The quantitative estimate of drug-likeness (QED) is 0.0545. The van der Waals surface area contributed by atoms with Gasteiger partial charge in [-0.05, 0) is 96.3 Å². The van der Waals surface area contributed by atoms with E-state index in [2.05, 4.69) is 62.6 Å². The number of nitrogens with two attached hydrogens (primary N) is 1. The molecule has 0 aliphatic carbocycles. The number of fused-ring (bicyclic) bond motifs is 10. The van der Waals surface area contributed by atoms with Crippen LogP contribution in [-0.4, -0.2) is 105 Å². The number of aliphatic carboxylic acids is 2. The molecule has 85 heavy (non-hydrogen) atoms. The molecule has 5 unspecified atom stereocenters. The van der Waals surface area contributed by atoms with E-state index in [1.54, 1.807) is 44.0 Å². The zero-order valence-corrected chi connectivity index (χ0v) is 46.5. The van der Waals surface area contributed by atoms with Crippen LogP contribution in [0.2, 0.25) is 0 Å². The van der Waals surface area contributed by atoms with E-state index in [4.69, 9.17) is 20.3 Å². The number of hydrogen-bond acceptors (Lipinski definition) is 13. The molecule has 0 bridgehead atoms. The standard InChI is InChI=1S/C19H19N3O2.C19H15N3O2.C17H15N3O2.C11H12N2O2/c2*1-2-24-19(23)16-10-14-13-7-3-4-8-15(13)21-18(14)17(22-16)12-6-5-9-20-11-12;21-17(22)14-8-12-11-5-1-2-6-13(11)19-16(12)15(20-14)10-4-3-7-18-9-10;12-9(11(14)15)5-7-6-13-10-4-2-1-3-8(7)10/h3-9,11,16-17,21-22H,2,10H2,1H3;3-11,21H,2H2,1H3;1-7,9,14-15,19-20H,8H2,(H,21,22);1-4,6,9,13H,5,12H2,(H,14,15). The van der Waals surface area contributed by atoms with Crippen LogP contribution in [0, 0.1) is 0 Å². The van der Waals surface area contributed by atoms with E-state index < -0.39 is 30.0 Å². The average molecular weight is 1140 g/mol. The van der Waals surface area contributed by atoms with Crippen LogP contribution in [0.15, 0.2) is 183 Å². The lowest BCUT2D eigenvalue weighted by atomic mass is 9.91. The van der Waals surface area contributed by atoms with Gasteiger partial charge in [0.15, 0.2) is 0 Å². The summed E-state index contributed by atoms with van der Waals surface area (Å²) in [5.41, 5.74) is 19.7. The van der Waals surface area contributed by atoms with E-state index >= 15 is 0 Å². The van der Waals surface area contributed by atoms with Crippen molar-refractivity contribution in [2.45, 2.75) is 63.3 Å². The van der Waals surface area contributed by atoms with Gasteiger partial charge in [0, 0.05) is 129 Å². The Morgan fingerprint density at radius 1 is 0.588 bits per heavy atom. The molecule has 2 aliphatic rings. The van der Waals surface area contributed by atoms with Crippen LogP contribution < -0.4 is 16.4 Å². The van der Waals surface area contributed by atoms with Crippen molar-refractivity contribution in [2.75, 3.05) is 13.2 Å². The molecule has 14 rings (SSSR count). The zero-order chi connectivity index (χ0) is 59.0. The van der Waals surface area contributed by atoms with E-state index in [1.807, 2.05) is 141 Å². The second-order valence-corrected chi connectivity index (χ2v) is 20.4. The Labute approximate surface area is 487 Å². The Balaban J connectivity index is 0.000000120. The van der Waals surface area contributed by atoms with E-state index in [9.17, 15) is 24.3 Å². The Morgan fingerprint density at radius 2 is 1.11 bits per heavy atom. The number of benzene rings is 4. The van der Waals surface area contributed by atoms with Crippen LogP contribution in [0.25, 0.3) is 65.8 Å². The third-order valence-corrected chi connectivity index (χ3v) is 15.1. The topological polar surface area (TPSA) is 292 Å². The number of carboxylic acids is 2. The third-order valence-electron chi connectivity index (χ3n) is 15.1. The summed E-state index contributed by atoms with van der Waals surface area (Å²) in [6.45, 7) is 4.31. The first-order chi connectivity index (χ1) is 41.5. The summed E-state index contributed by atoms with van der Waals surface area (Å²) >= 11 is 0. The summed E-state index contributed by atoms with van der Waals surface area (Å²) in [6, 6.07) is 43.2. The molecule has 8 aromatic heterocycles. The van der Waals surface area contributed by atoms with Gasteiger partial charge in [-0.1, -0.05) is 84.9 Å². The van der Waals surface area contributed by atoms with Gasteiger partial charge in [0.25, 0.3) is 0 Å². The maximum atomic E-state index is 12.3. The van der Waals surface area contributed by atoms with Gasteiger partial charge < -0.3 is 45.4 Å². The van der Waals surface area contributed by atoms with Crippen molar-refractivity contribution in [3.8, 4) is 11.3 Å². The third kappa shape index (κ3) is 12.1. The monoisotopic (exact) mass is 1140 g/mol. The van der Waals surface area contributed by atoms with Gasteiger partial charge >= 0.3 is 23.9 Å². The summed E-state index contributed by atoms with van der Waals surface area (Å²) in [5.74, 6) is -2.43. The van der Waals surface area contributed by atoms with Crippen LogP contribution >= 0.6 is 0 Å². The van der Waals surface area contributed by atoms with Crippen LogP contribution in [0.1, 0.15) is 75.6 Å². The molecule has 10 heterocycles. The molecule has 0 amide bonds. The highest BCUT2D eigenvalue weighted by Crippen LogP contribution is 2.37. The van der Waals surface area contributed by atoms with E-state index in [0.29, 0.717) is 43.9 Å². The zero-order valence-electron chi connectivity index (χ0n) is 46.5. The first-order valence-electron chi connectivity index (χ1n) is 27.9. The second-order valence-electron chi connectivity index (χ2n) is 20.4. The summed E-state index contributed by atoms with van der Waals surface area (Å²) in [5, 5.41) is 30.1. The fourth-order valence-electron chi connectivity index (χ4n) is 11.1. The number of hydrogen-bond donors (Lipinski definition) is 9. The van der Waals surface area contributed by atoms with Gasteiger partial charge in [0.1, 0.15) is 23.8 Å². The molecule has 0 saturated heterocycles. The number of carbonyl (C=O) groups is 4. The number of ether oxygens (including phenoxy) is 2. The van der Waals surface area contributed by atoms with Crippen molar-refractivity contribution in [3.05, 3.63) is 228 Å². The number of rotatable bonds is 11. The SMILES string of the molecule is CCOC(=O)C1Cc2c([nH]c3ccccc23)C(c2cccnc2)N1.CCOC(=O)c1cc2c([nH]c3ccccc32)c(-c2cccnc2)n1.NC(Cc1c[nH]c2ccccc12)C(=O)O.O=C(O)C1Cc2c([nH]c3ccccc23)C(c2cccnc2)N1. The highest BCUT2D eigenvalue weighted by Gasteiger charge is 2.36. The van der Waals surface area contributed by atoms with Gasteiger partial charge in [-0.15, -0.1) is 0 Å². The second kappa shape index (κ2) is 25.4. The Bertz CT molecular complexity index is 4330. The highest BCUT2D eigenvalue weighted by atomic mass is 16.5. The largest absolute Gasteiger partial charge is 0.480 e. The van der Waals surface area contributed by atoms with E-state index in [0.717, 1.165) is 93.7 Å². The fourth-order valence-corrected chi connectivity index (χ4v) is 11.1. The van der Waals surface area contributed by atoms with Crippen molar-refractivity contribution in [2.24, 2.45) is 5.73 Å². The van der Waals surface area contributed by atoms with Crippen molar-refractivity contribution in [1.29, 1.82) is 0 Å². The Kier molecular flexibility index (Phi) is 16.9. The van der Waals surface area contributed by atoms with Crippen molar-refractivity contribution in [3.63, 3.8) is 0 Å². The number of pyridine rings is 4. The maximum Gasteiger partial charge on any atom is 0.356 e. The lowest BCUT2D eigenvalue weighted by Crippen LogP contribution is -2.45. The van der Waals surface area contributed by atoms with Crippen LogP contribution in [0.3, 0.4) is 0 Å². The molecule has 10 N–H and O–H groups in total. The molecule has 4 aromatic carbocycles. The number of carbonyl (C=O) groups excluding carboxylic acids is 2. The smallest absolute Gasteiger partial charge is 0.356 e. The van der Waals surface area contributed by atoms with Crippen molar-refractivity contribution in [1.82, 2.24) is 50.5 Å². The van der Waals surface area contributed by atoms with Crippen LogP contribution in [0.4, 0.5) is 0 Å². The van der Waals surface area contributed by atoms with Crippen LogP contribution in [-0.2, 0) is 43.1 Å². The number of para-hydroxylation sites is 4. The molecule has 0 fully saturated rings. The predicted molar refractivity (Wildman–Crippen MR) is 325 cm³/mol. The number of aromatic amines is 4. The Morgan fingerprint density at radius 3 is 1.65 bits per heavy atom. The van der Waals surface area contributed by atoms with E-state index in [-0.39, 0.29) is 24.1 Å². The lowest BCUT2D eigenvalue weighted by Gasteiger charge is -2.30. The number of nitrogens with one attached hydrogen (secondary N) is 6. The molecule has 0 saturated carbocycles. The Hall–Kier alpha value is -10.3. The first-order valence-corrected chi connectivity index (χ1v) is 27.9. The predicted octanol–water partition coefficient (Wildman–Crippen LogP) is 10.1. The molecule has 19 nitrogen and oxygen atoms in total. The molecule has 428 valence electrons. The number of esters is 2. The van der Waals surface area contributed by atoms with Gasteiger partial charge in [-0.2, -0.15) is 0 Å². The van der Waals surface area contributed by atoms with Crippen LogP contribution in [0.5, 0.6) is 0 Å². The van der Waals surface area contributed by atoms with Crippen molar-refractivity contribution < 1.29 is 38.9 Å². The average Bonchev–Trinajstić information content (AvgIpc) is 2.27. The summed E-state index contributed by atoms with van der Waals surface area (Å²) in [7, 11) is 0. The maximum absolute atomic E-state index is 12.3. The van der Waals surface area contributed by atoms with E-state index in [1.165, 1.54) is 5.56 Å². The minimum atomic E-state index is -0.972. The molecular formula is C66H61N11O8. The lowest BCUT2D eigenvalue weighted by molar-refractivity contribution is -0.146. The number of carboxylic acid groups (broad SMARTS) is 2. The summed E-state index contributed by atoms with van der Waals surface area (Å²) in [4.78, 5) is 77.2. The van der Waals surface area contributed by atoms with Gasteiger partial charge in [0.05, 0.1) is 36.5 Å². The minimum absolute atomic E-state index is 0.107. The number of H-pyrrole nitrogens is 4. The van der Waals surface area contributed by atoms with Gasteiger partial charge in [-0.3, -0.25) is 40.0 Å². The number of aromatic nitrogens is 8. The molecule has 0 radical (unpaired) electrons. The number of nitrogens with zero attached hydrogens (tertiary/aromatic N) is 4. The van der Waals surface area contributed by atoms with Crippen molar-refractivity contribution >= 4 is 78.4 Å². The highest BCUT2D eigenvalue weighted by molar-refractivity contribution is 6.12. The summed E-state index contributed by atoms with van der Waals surface area (Å²) < 4.78 is 10.4. The molecular weight excluding hydrogens is 1070 g/mol. The summed E-state index contributed by atoms with van der Waals surface area (Å²) in [6.07, 6.45) is 13.8. The fraction of sp³-hybridized carbons (Fsp3) is 0.182. The van der Waals surface area contributed by atoms with Gasteiger partial charge in [0.2, 0.25) is 0 Å². The molecule has 5 atom stereocenters.